The SMILES string of the molecule is CC.CN.Cc1csc2c1CCOC2. The Morgan fingerprint density at radius 1 is 1.36 bits per heavy atom. The highest BCUT2D eigenvalue weighted by Gasteiger charge is 2.12. The first-order valence-corrected chi connectivity index (χ1v) is 5.97. The van der Waals surface area contributed by atoms with Crippen molar-refractivity contribution in [3.63, 3.8) is 0 Å². The van der Waals surface area contributed by atoms with Crippen LogP contribution in [0.2, 0.25) is 0 Å². The second-order valence-corrected chi connectivity index (χ2v) is 3.59. The van der Waals surface area contributed by atoms with Crippen molar-refractivity contribution in [2.45, 2.75) is 33.8 Å². The highest BCUT2D eigenvalue weighted by molar-refractivity contribution is 7.10. The number of thiophene rings is 1. The van der Waals surface area contributed by atoms with E-state index in [1.54, 1.807) is 0 Å². The first kappa shape index (κ1) is 13.6. The second kappa shape index (κ2) is 7.97. The molecule has 2 N–H and O–H groups in total. The van der Waals surface area contributed by atoms with Gasteiger partial charge in [0.05, 0.1) is 13.2 Å². The third kappa shape index (κ3) is 3.40. The monoisotopic (exact) mass is 215 g/mol. The molecule has 0 saturated carbocycles. The minimum atomic E-state index is 0.841. The normalized spacial score (nSPS) is 12.9. The minimum Gasteiger partial charge on any atom is -0.376 e. The average molecular weight is 215 g/mol. The second-order valence-electron chi connectivity index (χ2n) is 2.62. The lowest BCUT2D eigenvalue weighted by atomic mass is 10.1. The van der Waals surface area contributed by atoms with Crippen molar-refractivity contribution in [2.24, 2.45) is 5.73 Å². The van der Waals surface area contributed by atoms with Crippen LogP contribution in [-0.4, -0.2) is 13.7 Å². The van der Waals surface area contributed by atoms with Gasteiger partial charge in [0, 0.05) is 4.88 Å². The van der Waals surface area contributed by atoms with Crippen LogP contribution in [-0.2, 0) is 17.8 Å². The summed E-state index contributed by atoms with van der Waals surface area (Å²) in [7, 11) is 1.50. The van der Waals surface area contributed by atoms with Crippen molar-refractivity contribution in [1.82, 2.24) is 0 Å². The number of fused-ring (bicyclic) bond motifs is 1. The molecule has 1 aliphatic rings. The first-order valence-electron chi connectivity index (χ1n) is 5.09. The topological polar surface area (TPSA) is 35.2 Å². The zero-order valence-electron chi connectivity index (χ0n) is 9.59. The Morgan fingerprint density at radius 2 is 2.00 bits per heavy atom. The molecule has 0 aliphatic carbocycles. The van der Waals surface area contributed by atoms with Gasteiger partial charge in [0.1, 0.15) is 0 Å². The highest BCUT2D eigenvalue weighted by Crippen LogP contribution is 2.26. The van der Waals surface area contributed by atoms with E-state index in [-0.39, 0.29) is 0 Å². The van der Waals surface area contributed by atoms with Crippen LogP contribution in [0.25, 0.3) is 0 Å². The Labute approximate surface area is 91.1 Å². The fraction of sp³-hybridized carbons (Fsp3) is 0.636. The summed E-state index contributed by atoms with van der Waals surface area (Å²) in [5.41, 5.74) is 7.49. The number of hydrogen-bond donors (Lipinski definition) is 1. The maximum atomic E-state index is 5.32. The summed E-state index contributed by atoms with van der Waals surface area (Å²) in [6, 6.07) is 0. The number of ether oxygens (including phenoxy) is 1. The summed E-state index contributed by atoms with van der Waals surface area (Å²) in [6.45, 7) is 7.93. The average Bonchev–Trinajstić information content (AvgIpc) is 2.67. The van der Waals surface area contributed by atoms with Crippen molar-refractivity contribution >= 4 is 11.3 Å². The van der Waals surface area contributed by atoms with Gasteiger partial charge >= 0.3 is 0 Å². The van der Waals surface area contributed by atoms with Gasteiger partial charge in [-0.1, -0.05) is 13.8 Å². The lowest BCUT2D eigenvalue weighted by Crippen LogP contribution is -2.07. The molecule has 2 heterocycles. The van der Waals surface area contributed by atoms with Crippen LogP contribution >= 0.6 is 11.3 Å². The summed E-state index contributed by atoms with van der Waals surface area (Å²) in [6.07, 6.45) is 1.12. The molecule has 1 aromatic heterocycles. The van der Waals surface area contributed by atoms with E-state index in [2.05, 4.69) is 18.0 Å². The maximum absolute atomic E-state index is 5.32. The van der Waals surface area contributed by atoms with Crippen molar-refractivity contribution in [2.75, 3.05) is 13.7 Å². The summed E-state index contributed by atoms with van der Waals surface area (Å²) in [5, 5.41) is 2.22. The molecule has 0 radical (unpaired) electrons. The summed E-state index contributed by atoms with van der Waals surface area (Å²) >= 11 is 1.83. The van der Waals surface area contributed by atoms with Crippen LogP contribution in [0.4, 0.5) is 0 Å². The van der Waals surface area contributed by atoms with Gasteiger partial charge in [-0.2, -0.15) is 0 Å². The van der Waals surface area contributed by atoms with Gasteiger partial charge in [0.25, 0.3) is 0 Å². The molecule has 0 unspecified atom stereocenters. The Bertz CT molecular complexity index is 245. The molecule has 82 valence electrons. The highest BCUT2D eigenvalue weighted by atomic mass is 32.1. The number of aryl methyl sites for hydroxylation is 1. The summed E-state index contributed by atoms with van der Waals surface area (Å²) in [4.78, 5) is 1.43. The van der Waals surface area contributed by atoms with Gasteiger partial charge in [0.2, 0.25) is 0 Å². The summed E-state index contributed by atoms with van der Waals surface area (Å²) in [5.74, 6) is 0. The van der Waals surface area contributed by atoms with E-state index in [4.69, 9.17) is 4.74 Å². The first-order chi connectivity index (χ1) is 6.88. The van der Waals surface area contributed by atoms with E-state index in [9.17, 15) is 0 Å². The molecule has 0 atom stereocenters. The lowest BCUT2D eigenvalue weighted by molar-refractivity contribution is 0.113. The standard InChI is InChI=1S/C8H10OS.C2H6.CH5N/c1-6-5-10-8-4-9-3-2-7(6)8;2*1-2/h5H,2-4H2,1H3;1-2H3;2H2,1H3. The van der Waals surface area contributed by atoms with Crippen molar-refractivity contribution in [3.8, 4) is 0 Å². The quantitative estimate of drug-likeness (QED) is 0.722. The molecular formula is C11H21NOS. The maximum Gasteiger partial charge on any atom is 0.0812 e. The van der Waals surface area contributed by atoms with Crippen LogP contribution in [0.5, 0.6) is 0 Å². The molecule has 2 nitrogen and oxygen atoms in total. The molecule has 2 rings (SSSR count). The van der Waals surface area contributed by atoms with E-state index >= 15 is 0 Å². The summed E-state index contributed by atoms with van der Waals surface area (Å²) < 4.78 is 5.32. The Kier molecular flexibility index (Phi) is 7.76. The van der Waals surface area contributed by atoms with Crippen molar-refractivity contribution < 1.29 is 4.74 Å². The van der Waals surface area contributed by atoms with Crippen LogP contribution in [0.15, 0.2) is 5.38 Å². The van der Waals surface area contributed by atoms with Crippen LogP contribution in [0, 0.1) is 6.92 Å². The van der Waals surface area contributed by atoms with Gasteiger partial charge in [-0.3, -0.25) is 0 Å². The third-order valence-corrected chi connectivity index (χ3v) is 3.04. The zero-order valence-corrected chi connectivity index (χ0v) is 10.4. The van der Waals surface area contributed by atoms with Crippen LogP contribution < -0.4 is 5.73 Å². The number of hydrogen-bond acceptors (Lipinski definition) is 3. The van der Waals surface area contributed by atoms with Gasteiger partial charge in [-0.15, -0.1) is 11.3 Å². The molecule has 1 aromatic rings. The van der Waals surface area contributed by atoms with E-state index < -0.39 is 0 Å². The Hall–Kier alpha value is -0.380. The molecule has 0 bridgehead atoms. The molecule has 3 heteroatoms. The molecule has 0 aromatic carbocycles. The minimum absolute atomic E-state index is 0.841. The smallest absolute Gasteiger partial charge is 0.0812 e. The number of nitrogens with two attached hydrogens (primary N) is 1. The predicted molar refractivity (Wildman–Crippen MR) is 63.9 cm³/mol. The van der Waals surface area contributed by atoms with Gasteiger partial charge in [-0.05, 0) is 36.9 Å². The molecule has 1 aliphatic heterocycles. The fourth-order valence-corrected chi connectivity index (χ4v) is 2.34. The largest absolute Gasteiger partial charge is 0.376 e. The Balaban J connectivity index is 0.000000379. The molecule has 0 fully saturated rings. The van der Waals surface area contributed by atoms with E-state index in [0.29, 0.717) is 0 Å². The van der Waals surface area contributed by atoms with Crippen molar-refractivity contribution in [1.29, 1.82) is 0 Å². The molecular weight excluding hydrogens is 194 g/mol. The zero-order chi connectivity index (χ0) is 11.0. The van der Waals surface area contributed by atoms with E-state index in [1.165, 1.54) is 23.1 Å². The van der Waals surface area contributed by atoms with Gasteiger partial charge in [0.15, 0.2) is 0 Å². The van der Waals surface area contributed by atoms with Gasteiger partial charge < -0.3 is 10.5 Å². The molecule has 0 amide bonds. The molecule has 0 saturated heterocycles. The van der Waals surface area contributed by atoms with Crippen molar-refractivity contribution in [3.05, 3.63) is 21.4 Å². The third-order valence-electron chi connectivity index (χ3n) is 1.92. The van der Waals surface area contributed by atoms with Crippen LogP contribution in [0.3, 0.4) is 0 Å². The Morgan fingerprint density at radius 3 is 2.57 bits per heavy atom. The lowest BCUT2D eigenvalue weighted by Gasteiger charge is -2.11. The molecule has 14 heavy (non-hydrogen) atoms. The number of rotatable bonds is 0. The van der Waals surface area contributed by atoms with Crippen LogP contribution in [0.1, 0.15) is 29.9 Å². The fourth-order valence-electron chi connectivity index (χ4n) is 1.32. The molecule has 0 spiro atoms. The van der Waals surface area contributed by atoms with E-state index in [1.807, 2.05) is 25.2 Å². The van der Waals surface area contributed by atoms with E-state index in [0.717, 1.165) is 19.6 Å². The van der Waals surface area contributed by atoms with Gasteiger partial charge in [-0.25, -0.2) is 0 Å². The predicted octanol–water partition coefficient (Wildman–Crippen LogP) is 2.73.